The Morgan fingerprint density at radius 1 is 0.697 bits per heavy atom. The van der Waals surface area contributed by atoms with Crippen LogP contribution in [-0.2, 0) is 5.41 Å². The maximum absolute atomic E-state index is 6.52. The van der Waals surface area contributed by atoms with Crippen LogP contribution in [-0.4, -0.2) is 0 Å². The van der Waals surface area contributed by atoms with Gasteiger partial charge in [-0.05, 0) is 52.9 Å². The molecule has 2 heterocycles. The van der Waals surface area contributed by atoms with Gasteiger partial charge in [0.05, 0.1) is 5.41 Å². The zero-order chi connectivity index (χ0) is 21.6. The number of hydrogen-bond acceptors (Lipinski definition) is 2. The van der Waals surface area contributed by atoms with E-state index in [2.05, 4.69) is 97.1 Å². The normalized spacial score (nSPS) is 20.0. The van der Waals surface area contributed by atoms with Crippen LogP contribution in [0.5, 0.6) is 5.75 Å². The average molecular weight is 441 g/mol. The van der Waals surface area contributed by atoms with Crippen molar-refractivity contribution in [3.63, 3.8) is 0 Å². The van der Waals surface area contributed by atoms with Gasteiger partial charge in [0, 0.05) is 37.7 Å². The van der Waals surface area contributed by atoms with E-state index in [9.17, 15) is 0 Å². The van der Waals surface area contributed by atoms with Crippen molar-refractivity contribution in [3.8, 4) is 16.9 Å². The van der Waals surface area contributed by atoms with Crippen molar-refractivity contribution in [2.75, 3.05) is 0 Å². The Balaban J connectivity index is 1.58. The second kappa shape index (κ2) is 6.24. The minimum Gasteiger partial charge on any atom is -0.461 e. The van der Waals surface area contributed by atoms with Crippen molar-refractivity contribution in [1.29, 1.82) is 0 Å². The maximum Gasteiger partial charge on any atom is 0.131 e. The van der Waals surface area contributed by atoms with E-state index < -0.39 is 0 Å². The lowest BCUT2D eigenvalue weighted by Gasteiger charge is -2.41. The van der Waals surface area contributed by atoms with Crippen LogP contribution in [0, 0.1) is 0 Å². The largest absolute Gasteiger partial charge is 0.461 e. The van der Waals surface area contributed by atoms with Crippen LogP contribution in [0.25, 0.3) is 31.3 Å². The Bertz CT molecular complexity index is 1700. The van der Waals surface area contributed by atoms with Crippen molar-refractivity contribution < 1.29 is 4.74 Å². The molecule has 33 heavy (non-hydrogen) atoms. The van der Waals surface area contributed by atoms with Crippen molar-refractivity contribution in [3.05, 3.63) is 125 Å². The number of rotatable bonds is 0. The van der Waals surface area contributed by atoms with E-state index in [0.717, 1.165) is 24.4 Å². The summed E-state index contributed by atoms with van der Waals surface area (Å²) in [5.41, 5.74) is 7.67. The number of allylic oxidation sites excluding steroid dienone is 4. The van der Waals surface area contributed by atoms with E-state index in [0.29, 0.717) is 0 Å². The number of thiophene rings is 1. The van der Waals surface area contributed by atoms with Gasteiger partial charge in [0.2, 0.25) is 0 Å². The number of ether oxygens (including phenoxy) is 1. The summed E-state index contributed by atoms with van der Waals surface area (Å²) in [6, 6.07) is 31.3. The third-order valence-corrected chi connectivity index (χ3v) is 8.73. The highest BCUT2D eigenvalue weighted by atomic mass is 32.1. The van der Waals surface area contributed by atoms with E-state index in [1.54, 1.807) is 0 Å². The molecular weight excluding hydrogens is 420 g/mol. The molecule has 2 heteroatoms. The van der Waals surface area contributed by atoms with Gasteiger partial charge in [0.25, 0.3) is 0 Å². The van der Waals surface area contributed by atoms with Gasteiger partial charge in [-0.1, -0.05) is 72.8 Å². The summed E-state index contributed by atoms with van der Waals surface area (Å²) in [7, 11) is 0. The zero-order valence-electron chi connectivity index (χ0n) is 18.0. The van der Waals surface area contributed by atoms with Gasteiger partial charge in [-0.3, -0.25) is 0 Å². The summed E-state index contributed by atoms with van der Waals surface area (Å²) in [5.74, 6) is 2.11. The van der Waals surface area contributed by atoms with E-state index in [1.807, 2.05) is 11.3 Å². The molecule has 0 amide bonds. The first-order valence-electron chi connectivity index (χ1n) is 11.6. The van der Waals surface area contributed by atoms with Crippen LogP contribution in [0.1, 0.15) is 29.5 Å². The van der Waals surface area contributed by atoms with Gasteiger partial charge in [0.15, 0.2) is 0 Å². The van der Waals surface area contributed by atoms with Crippen molar-refractivity contribution >= 4 is 31.5 Å². The lowest BCUT2D eigenvalue weighted by atomic mass is 9.64. The molecule has 1 spiro atoms. The molecule has 2 aliphatic carbocycles. The van der Waals surface area contributed by atoms with Crippen molar-refractivity contribution in [2.45, 2.75) is 18.3 Å². The molecular formula is C31H20OS. The monoisotopic (exact) mass is 440 g/mol. The SMILES string of the molecule is C1=CC2=C(CC1)Oc1ccccc1C21c2ccccc2-c2cc3c(cc21)sc1ccccc13. The Morgan fingerprint density at radius 3 is 2.48 bits per heavy atom. The zero-order valence-corrected chi connectivity index (χ0v) is 18.8. The molecule has 1 nitrogen and oxygen atoms in total. The number of benzene rings is 4. The molecule has 1 aromatic heterocycles. The predicted molar refractivity (Wildman–Crippen MR) is 137 cm³/mol. The van der Waals surface area contributed by atoms with Crippen molar-refractivity contribution in [2.24, 2.45) is 0 Å². The smallest absolute Gasteiger partial charge is 0.131 e. The second-order valence-electron chi connectivity index (χ2n) is 9.16. The summed E-state index contributed by atoms with van der Waals surface area (Å²) in [5, 5.41) is 2.71. The molecule has 1 aliphatic heterocycles. The molecule has 8 rings (SSSR count). The van der Waals surface area contributed by atoms with Crippen molar-refractivity contribution in [1.82, 2.24) is 0 Å². The van der Waals surface area contributed by atoms with Crippen LogP contribution < -0.4 is 4.74 Å². The van der Waals surface area contributed by atoms with Gasteiger partial charge in [-0.15, -0.1) is 11.3 Å². The lowest BCUT2D eigenvalue weighted by Crippen LogP contribution is -2.35. The maximum atomic E-state index is 6.52. The number of fused-ring (bicyclic) bond motifs is 11. The third kappa shape index (κ3) is 2.13. The standard InChI is InChI=1S/C31H20OS/c1-3-11-23-19(9-1)21-17-22-20-10-2-8-16-29(20)33-30(22)18-26(21)31(23)24-12-4-6-14-27(24)32-28-15-7-5-13-25(28)31/h1-6,8-14,16-18H,7,15H2. The van der Waals surface area contributed by atoms with Gasteiger partial charge in [-0.2, -0.15) is 0 Å². The molecule has 1 unspecified atom stereocenters. The predicted octanol–water partition coefficient (Wildman–Crippen LogP) is 8.37. The van der Waals surface area contributed by atoms with Gasteiger partial charge >= 0.3 is 0 Å². The van der Waals surface area contributed by atoms with Gasteiger partial charge in [0.1, 0.15) is 11.5 Å². The first-order chi connectivity index (χ1) is 16.4. The first-order valence-corrected chi connectivity index (χ1v) is 12.4. The second-order valence-corrected chi connectivity index (χ2v) is 10.2. The fraction of sp³-hybridized carbons (Fsp3) is 0.0968. The van der Waals surface area contributed by atoms with E-state index in [-0.39, 0.29) is 5.41 Å². The quantitative estimate of drug-likeness (QED) is 0.235. The highest BCUT2D eigenvalue weighted by Gasteiger charge is 2.51. The van der Waals surface area contributed by atoms with Crippen LogP contribution >= 0.6 is 11.3 Å². The van der Waals surface area contributed by atoms with Gasteiger partial charge < -0.3 is 4.74 Å². The van der Waals surface area contributed by atoms with Crippen LogP contribution in [0.15, 0.2) is 108 Å². The van der Waals surface area contributed by atoms with Gasteiger partial charge in [-0.25, -0.2) is 0 Å². The molecule has 4 aromatic carbocycles. The minimum atomic E-state index is -0.336. The molecule has 1 atom stereocenters. The Kier molecular flexibility index (Phi) is 3.38. The van der Waals surface area contributed by atoms with E-state index in [1.165, 1.54) is 53.6 Å². The molecule has 0 radical (unpaired) electrons. The lowest BCUT2D eigenvalue weighted by molar-refractivity contribution is 0.364. The highest BCUT2D eigenvalue weighted by Crippen LogP contribution is 2.62. The molecule has 156 valence electrons. The number of hydrogen-bond donors (Lipinski definition) is 0. The molecule has 0 bridgehead atoms. The summed E-state index contributed by atoms with van der Waals surface area (Å²) in [4.78, 5) is 0. The molecule has 0 fully saturated rings. The van der Waals surface area contributed by atoms with E-state index >= 15 is 0 Å². The Labute approximate surface area is 196 Å². The first kappa shape index (κ1) is 17.9. The van der Waals surface area contributed by atoms with Crippen LogP contribution in [0.2, 0.25) is 0 Å². The Morgan fingerprint density at radius 2 is 1.52 bits per heavy atom. The molecule has 0 saturated heterocycles. The Hall–Kier alpha value is -3.62. The number of para-hydroxylation sites is 1. The summed E-state index contributed by atoms with van der Waals surface area (Å²) >= 11 is 1.90. The summed E-state index contributed by atoms with van der Waals surface area (Å²) < 4.78 is 9.22. The van der Waals surface area contributed by atoms with Crippen LogP contribution in [0.4, 0.5) is 0 Å². The van der Waals surface area contributed by atoms with E-state index in [4.69, 9.17) is 4.74 Å². The summed E-state index contributed by atoms with van der Waals surface area (Å²) in [6.45, 7) is 0. The summed E-state index contributed by atoms with van der Waals surface area (Å²) in [6.07, 6.45) is 6.62. The fourth-order valence-electron chi connectivity index (χ4n) is 6.30. The third-order valence-electron chi connectivity index (χ3n) is 7.59. The molecule has 5 aromatic rings. The average Bonchev–Trinajstić information content (AvgIpc) is 3.37. The topological polar surface area (TPSA) is 9.23 Å². The molecule has 0 saturated carbocycles. The molecule has 0 N–H and O–H groups in total. The molecule has 3 aliphatic rings. The fourth-order valence-corrected chi connectivity index (χ4v) is 7.43. The highest BCUT2D eigenvalue weighted by molar-refractivity contribution is 7.25. The van der Waals surface area contributed by atoms with Crippen LogP contribution in [0.3, 0.4) is 0 Å². The minimum absolute atomic E-state index is 0.336.